The fourth-order valence-electron chi connectivity index (χ4n) is 0.915. The van der Waals surface area contributed by atoms with Crippen molar-refractivity contribution in [2.45, 2.75) is 33.4 Å². The first-order valence-corrected chi connectivity index (χ1v) is 4.65. The Labute approximate surface area is 83.0 Å². The Morgan fingerprint density at radius 1 is 1.29 bits per heavy atom. The van der Waals surface area contributed by atoms with Crippen LogP contribution < -0.4 is 5.32 Å². The van der Waals surface area contributed by atoms with Crippen molar-refractivity contribution in [1.82, 2.24) is 15.2 Å². The van der Waals surface area contributed by atoms with Crippen molar-refractivity contribution < 1.29 is 4.39 Å². The van der Waals surface area contributed by atoms with Crippen molar-refractivity contribution in [3.8, 4) is 0 Å². The molecule has 1 atom stereocenters. The molecule has 0 spiro atoms. The third-order valence-electron chi connectivity index (χ3n) is 1.92. The maximum absolute atomic E-state index is 12.5. The van der Waals surface area contributed by atoms with Crippen LogP contribution in [0.3, 0.4) is 0 Å². The highest BCUT2D eigenvalue weighted by molar-refractivity contribution is 5.24. The number of nitrogens with one attached hydrogen (secondary N) is 1. The van der Waals surface area contributed by atoms with E-state index in [0.29, 0.717) is 18.9 Å². The van der Waals surface area contributed by atoms with E-state index in [0.717, 1.165) is 11.4 Å². The molecule has 0 fully saturated rings. The molecule has 0 saturated heterocycles. The summed E-state index contributed by atoms with van der Waals surface area (Å²) in [4.78, 5) is 4.16. The smallest absolute Gasteiger partial charge is 0.242 e. The molecule has 0 aliphatic carbocycles. The molecule has 1 aromatic heterocycles. The zero-order chi connectivity index (χ0) is 10.6. The summed E-state index contributed by atoms with van der Waals surface area (Å²) in [6, 6.07) is 0. The lowest BCUT2D eigenvalue weighted by Gasteiger charge is -2.05. The van der Waals surface area contributed by atoms with Crippen LogP contribution in [0, 0.1) is 13.8 Å². The molecule has 4 nitrogen and oxygen atoms in total. The SMILES string of the molecule is Cc1nnc(NCCC(C)F)nc1C. The van der Waals surface area contributed by atoms with E-state index in [1.165, 1.54) is 6.92 Å². The average Bonchev–Trinajstić information content (AvgIpc) is 2.10. The number of halogens is 1. The largest absolute Gasteiger partial charge is 0.353 e. The van der Waals surface area contributed by atoms with Crippen molar-refractivity contribution in [2.75, 3.05) is 11.9 Å². The summed E-state index contributed by atoms with van der Waals surface area (Å²) in [5.41, 5.74) is 1.66. The maximum Gasteiger partial charge on any atom is 0.242 e. The summed E-state index contributed by atoms with van der Waals surface area (Å²) < 4.78 is 12.5. The Kier molecular flexibility index (Phi) is 3.73. The van der Waals surface area contributed by atoms with Gasteiger partial charge in [-0.3, -0.25) is 0 Å². The van der Waals surface area contributed by atoms with E-state index in [-0.39, 0.29) is 0 Å². The third kappa shape index (κ3) is 3.24. The van der Waals surface area contributed by atoms with E-state index < -0.39 is 6.17 Å². The summed E-state index contributed by atoms with van der Waals surface area (Å²) in [6.07, 6.45) is -0.349. The van der Waals surface area contributed by atoms with Crippen LogP contribution in [0.15, 0.2) is 0 Å². The summed E-state index contributed by atoms with van der Waals surface area (Å²) in [7, 11) is 0. The van der Waals surface area contributed by atoms with E-state index >= 15 is 0 Å². The lowest BCUT2D eigenvalue weighted by molar-refractivity contribution is 0.348. The van der Waals surface area contributed by atoms with Crippen LogP contribution in [0.25, 0.3) is 0 Å². The van der Waals surface area contributed by atoms with Gasteiger partial charge in [-0.25, -0.2) is 9.37 Å². The monoisotopic (exact) mass is 198 g/mol. The summed E-state index contributed by atoms with van der Waals surface area (Å²) in [5, 5.41) is 10.7. The van der Waals surface area contributed by atoms with Crippen molar-refractivity contribution in [3.05, 3.63) is 11.4 Å². The van der Waals surface area contributed by atoms with Gasteiger partial charge < -0.3 is 5.32 Å². The topological polar surface area (TPSA) is 50.7 Å². The lowest BCUT2D eigenvalue weighted by Crippen LogP contribution is -2.11. The normalized spacial score (nSPS) is 12.6. The first-order valence-electron chi connectivity index (χ1n) is 4.65. The Morgan fingerprint density at radius 3 is 2.57 bits per heavy atom. The second-order valence-electron chi connectivity index (χ2n) is 3.30. The first-order chi connectivity index (χ1) is 6.59. The second kappa shape index (κ2) is 4.83. The molecule has 1 rings (SSSR count). The van der Waals surface area contributed by atoms with E-state index in [9.17, 15) is 4.39 Å². The second-order valence-corrected chi connectivity index (χ2v) is 3.30. The van der Waals surface area contributed by atoms with E-state index in [2.05, 4.69) is 20.5 Å². The molecule has 14 heavy (non-hydrogen) atoms. The van der Waals surface area contributed by atoms with Gasteiger partial charge in [-0.1, -0.05) is 0 Å². The first kappa shape index (κ1) is 10.8. The zero-order valence-electron chi connectivity index (χ0n) is 8.71. The van der Waals surface area contributed by atoms with Crippen LogP contribution >= 0.6 is 0 Å². The minimum atomic E-state index is -0.804. The number of aromatic nitrogens is 3. The molecule has 0 radical (unpaired) electrons. The number of alkyl halides is 1. The van der Waals surface area contributed by atoms with Gasteiger partial charge in [-0.2, -0.15) is 5.10 Å². The molecule has 1 N–H and O–H groups in total. The molecule has 0 saturated carbocycles. The molecular weight excluding hydrogens is 183 g/mol. The van der Waals surface area contributed by atoms with Gasteiger partial charge >= 0.3 is 0 Å². The van der Waals surface area contributed by atoms with Crippen LogP contribution in [-0.4, -0.2) is 27.9 Å². The van der Waals surface area contributed by atoms with Crippen LogP contribution in [0.1, 0.15) is 24.7 Å². The van der Waals surface area contributed by atoms with Crippen molar-refractivity contribution in [3.63, 3.8) is 0 Å². The van der Waals surface area contributed by atoms with Gasteiger partial charge in [0.05, 0.1) is 17.6 Å². The minimum Gasteiger partial charge on any atom is -0.353 e. The zero-order valence-corrected chi connectivity index (χ0v) is 8.71. The minimum absolute atomic E-state index is 0.455. The molecule has 1 unspecified atom stereocenters. The molecule has 1 heterocycles. The Balaban J connectivity index is 2.47. The van der Waals surface area contributed by atoms with Gasteiger partial charge in [0.2, 0.25) is 5.95 Å². The van der Waals surface area contributed by atoms with E-state index in [4.69, 9.17) is 0 Å². The number of hydrogen-bond acceptors (Lipinski definition) is 4. The van der Waals surface area contributed by atoms with Gasteiger partial charge in [-0.15, -0.1) is 5.10 Å². The predicted molar refractivity (Wildman–Crippen MR) is 53.0 cm³/mol. The fourth-order valence-corrected chi connectivity index (χ4v) is 0.915. The van der Waals surface area contributed by atoms with Crippen molar-refractivity contribution in [1.29, 1.82) is 0 Å². The number of hydrogen-bond donors (Lipinski definition) is 1. The van der Waals surface area contributed by atoms with Crippen LogP contribution in [0.4, 0.5) is 10.3 Å². The number of aryl methyl sites for hydroxylation is 2. The van der Waals surface area contributed by atoms with Gasteiger partial charge in [0.25, 0.3) is 0 Å². The summed E-state index contributed by atoms with van der Waals surface area (Å²) >= 11 is 0. The summed E-state index contributed by atoms with van der Waals surface area (Å²) in [5.74, 6) is 0.466. The Bertz CT molecular complexity index is 301. The highest BCUT2D eigenvalue weighted by Gasteiger charge is 2.01. The van der Waals surface area contributed by atoms with Gasteiger partial charge in [0.15, 0.2) is 0 Å². The number of rotatable bonds is 4. The van der Waals surface area contributed by atoms with Gasteiger partial charge in [0.1, 0.15) is 0 Å². The van der Waals surface area contributed by atoms with E-state index in [1.54, 1.807) is 0 Å². The third-order valence-corrected chi connectivity index (χ3v) is 1.92. The quantitative estimate of drug-likeness (QED) is 0.799. The van der Waals surface area contributed by atoms with Gasteiger partial charge in [0, 0.05) is 6.54 Å². The standard InChI is InChI=1S/C9H15FN4/c1-6(10)4-5-11-9-12-7(2)8(3)13-14-9/h6H,4-5H2,1-3H3,(H,11,12,14). The van der Waals surface area contributed by atoms with Crippen LogP contribution in [0.5, 0.6) is 0 Å². The molecule has 5 heteroatoms. The average molecular weight is 198 g/mol. The molecule has 0 aliphatic heterocycles. The Morgan fingerprint density at radius 2 is 2.00 bits per heavy atom. The molecule has 0 aromatic carbocycles. The molecule has 78 valence electrons. The predicted octanol–water partition coefficient (Wildman–Crippen LogP) is 1.65. The molecule has 0 aliphatic rings. The summed E-state index contributed by atoms with van der Waals surface area (Å²) in [6.45, 7) is 5.78. The van der Waals surface area contributed by atoms with Crippen molar-refractivity contribution in [2.24, 2.45) is 0 Å². The van der Waals surface area contributed by atoms with Crippen molar-refractivity contribution >= 4 is 5.95 Å². The molecule has 0 amide bonds. The molecule has 0 bridgehead atoms. The van der Waals surface area contributed by atoms with Gasteiger partial charge in [-0.05, 0) is 27.2 Å². The molecule has 1 aromatic rings. The highest BCUT2D eigenvalue weighted by atomic mass is 19.1. The number of anilines is 1. The highest BCUT2D eigenvalue weighted by Crippen LogP contribution is 2.02. The maximum atomic E-state index is 12.5. The van der Waals surface area contributed by atoms with Crippen LogP contribution in [-0.2, 0) is 0 Å². The fraction of sp³-hybridized carbons (Fsp3) is 0.667. The van der Waals surface area contributed by atoms with E-state index in [1.807, 2.05) is 13.8 Å². The lowest BCUT2D eigenvalue weighted by atomic mass is 10.3. The van der Waals surface area contributed by atoms with Crippen LogP contribution in [0.2, 0.25) is 0 Å². The molecular formula is C9H15FN4. The Hall–Kier alpha value is -1.26. The number of nitrogens with zero attached hydrogens (tertiary/aromatic N) is 3.